The minimum absolute atomic E-state index is 0.0125. The second-order valence-corrected chi connectivity index (χ2v) is 34.8. The number of sulfonamides is 3. The van der Waals surface area contributed by atoms with E-state index in [1.165, 1.54) is 66.3 Å². The molecule has 36 heteroatoms. The number of aromatic amines is 3. The van der Waals surface area contributed by atoms with Gasteiger partial charge in [-0.3, -0.25) is 14.2 Å². The van der Waals surface area contributed by atoms with Gasteiger partial charge in [0, 0.05) is 72.3 Å². The Labute approximate surface area is 626 Å². The van der Waals surface area contributed by atoms with Crippen molar-refractivity contribution in [3.05, 3.63) is 198 Å². The van der Waals surface area contributed by atoms with Gasteiger partial charge in [0.25, 0.3) is 30.1 Å². The number of hydrogen-bond donors (Lipinski definition) is 9. The molecule has 1 saturated heterocycles. The van der Waals surface area contributed by atoms with Crippen LogP contribution in [0.1, 0.15) is 63.9 Å². The van der Waals surface area contributed by atoms with Crippen molar-refractivity contribution in [2.24, 2.45) is 0 Å². The third-order valence-electron chi connectivity index (χ3n) is 16.4. The van der Waals surface area contributed by atoms with Gasteiger partial charge in [0.1, 0.15) is 44.4 Å². The number of phenolic OH excluding ortho intramolecular Hbond substituents is 3. The summed E-state index contributed by atoms with van der Waals surface area (Å²) in [6.45, 7) is 7.66. The highest BCUT2D eigenvalue weighted by Crippen LogP contribution is 2.46. The Morgan fingerprint density at radius 1 is 0.509 bits per heavy atom. The number of benzene rings is 10. The first-order valence-corrected chi connectivity index (χ1v) is 41.0. The molecule has 0 atom stereocenters. The molecule has 0 amide bonds. The molecule has 1 fully saturated rings. The number of H-pyrrole nitrogens is 3. The quantitative estimate of drug-likeness (QED) is 0.0253. The van der Waals surface area contributed by atoms with Crippen molar-refractivity contribution in [1.82, 2.24) is 61.9 Å². The van der Waals surface area contributed by atoms with Crippen molar-refractivity contribution in [1.29, 1.82) is 0 Å². The Bertz CT molecular complexity index is 5920. The largest absolute Gasteiger partial charge is 0.506 e. The van der Waals surface area contributed by atoms with Gasteiger partial charge in [0.15, 0.2) is 17.5 Å². The van der Waals surface area contributed by atoms with E-state index in [1.807, 2.05) is 45.0 Å². The first-order valence-electron chi connectivity index (χ1n) is 32.4. The minimum Gasteiger partial charge on any atom is -0.506 e. The van der Waals surface area contributed by atoms with E-state index in [1.54, 1.807) is 109 Å². The normalized spacial score (nSPS) is 12.9. The summed E-state index contributed by atoms with van der Waals surface area (Å²) in [5, 5.41) is 78.8. The van der Waals surface area contributed by atoms with Crippen LogP contribution in [0.25, 0.3) is 53.2 Å². The first-order chi connectivity index (χ1) is 50.8. The van der Waals surface area contributed by atoms with Crippen LogP contribution < -0.4 is 23.8 Å². The summed E-state index contributed by atoms with van der Waals surface area (Å²) in [7, 11) is -12.0. The maximum absolute atomic E-state index is 14.1. The van der Waals surface area contributed by atoms with E-state index in [2.05, 4.69) is 80.9 Å². The fourth-order valence-corrected chi connectivity index (χ4v) is 19.1. The average Bonchev–Trinajstić information content (AvgIpc) is 1.59. The molecule has 26 nitrogen and oxygen atoms in total. The van der Waals surface area contributed by atoms with Crippen LogP contribution in [0.5, 0.6) is 23.0 Å². The number of thiophene rings is 1. The smallest absolute Gasteiger partial charge is 0.271 e. The minimum atomic E-state index is -4.14. The molecule has 0 radical (unpaired) electrons. The monoisotopic (exact) mass is 1580 g/mol. The molecule has 4 aromatic heterocycles. The molecular formula is C70H63ClF2N16O10S7. The zero-order valence-corrected chi connectivity index (χ0v) is 62.6. The summed E-state index contributed by atoms with van der Waals surface area (Å²) < 4.78 is 122. The fraction of sp³-hybridized carbons (Fsp3) is 0.186. The number of tetrazole rings is 3. The summed E-state index contributed by atoms with van der Waals surface area (Å²) in [4.78, 5) is 3.80. The van der Waals surface area contributed by atoms with Crippen molar-refractivity contribution in [3.63, 3.8) is 0 Å². The van der Waals surface area contributed by atoms with Gasteiger partial charge in [-0.05, 0) is 117 Å². The lowest BCUT2D eigenvalue weighted by atomic mass is 10.1. The summed E-state index contributed by atoms with van der Waals surface area (Å²) in [5.74, 6) is 1.54. The number of phenols is 3. The molecule has 1 aliphatic heterocycles. The fourth-order valence-electron chi connectivity index (χ4n) is 11.5. The van der Waals surface area contributed by atoms with Crippen molar-refractivity contribution < 1.29 is 54.1 Å². The zero-order chi connectivity index (χ0) is 74.5. The number of nitrogens with zero attached hydrogens (tertiary/aromatic N) is 10. The predicted octanol–water partition coefficient (Wildman–Crippen LogP) is 15.3. The molecule has 1 aliphatic rings. The van der Waals surface area contributed by atoms with Crippen LogP contribution in [0.15, 0.2) is 192 Å². The van der Waals surface area contributed by atoms with Gasteiger partial charge >= 0.3 is 0 Å². The summed E-state index contributed by atoms with van der Waals surface area (Å²) in [5.41, 5.74) is 1.41. The van der Waals surface area contributed by atoms with Crippen LogP contribution in [0.3, 0.4) is 0 Å². The molecule has 14 aromatic rings. The topological polar surface area (TPSA) is 375 Å². The third-order valence-corrected chi connectivity index (χ3v) is 25.3. The van der Waals surface area contributed by atoms with Gasteiger partial charge in [-0.1, -0.05) is 125 Å². The molecule has 0 bridgehead atoms. The number of aromatic hydroxyl groups is 3. The maximum atomic E-state index is 14.1. The number of thioether (sulfide) groups is 3. The van der Waals surface area contributed by atoms with Crippen LogP contribution in [0.2, 0.25) is 5.02 Å². The van der Waals surface area contributed by atoms with Crippen LogP contribution in [-0.2, 0) is 47.3 Å². The molecule has 15 rings (SSSR count). The maximum Gasteiger partial charge on any atom is 0.271 e. The molecule has 9 N–H and O–H groups in total. The van der Waals surface area contributed by atoms with E-state index in [0.717, 1.165) is 65.5 Å². The molecule has 0 saturated carbocycles. The predicted molar refractivity (Wildman–Crippen MR) is 409 cm³/mol. The molecule has 106 heavy (non-hydrogen) atoms. The lowest BCUT2D eigenvalue weighted by Crippen LogP contribution is -2.24. The van der Waals surface area contributed by atoms with Crippen LogP contribution >= 0.6 is 58.2 Å². The highest BCUT2D eigenvalue weighted by molar-refractivity contribution is 7.99. The van der Waals surface area contributed by atoms with Gasteiger partial charge in [-0.25, -0.2) is 34.0 Å². The number of rotatable bonds is 20. The number of nitrogens with one attached hydrogen (secondary N) is 6. The lowest BCUT2D eigenvalue weighted by Gasteiger charge is -2.23. The van der Waals surface area contributed by atoms with Gasteiger partial charge in [0.05, 0.1) is 58.8 Å². The Morgan fingerprint density at radius 2 is 0.953 bits per heavy atom. The average molecular weight is 1590 g/mol. The third kappa shape index (κ3) is 17.4. The van der Waals surface area contributed by atoms with Gasteiger partial charge in [-0.15, -0.1) is 77.2 Å². The summed E-state index contributed by atoms with van der Waals surface area (Å²) >= 11 is 10.9. The van der Waals surface area contributed by atoms with Crippen molar-refractivity contribution in [2.45, 2.75) is 98.0 Å². The van der Waals surface area contributed by atoms with Crippen LogP contribution in [0.4, 0.5) is 31.5 Å². The number of halogens is 3. The Kier molecular flexibility index (Phi) is 22.0. The number of aromatic nitrogens is 12. The Hall–Kier alpha value is -10.1. The standard InChI is InChI=1S/C26H25N5O4S2.C24H25ClN6O3S2.C20H13F2N5O3S3/c1-26(2,3)35-18-10-8-17-13-19(11-9-16(17)12-18)37(33,34)29-22-14-23(36-15-24-27-30-31-28-24)25(32)21-7-5-4-6-20(21)22;25-16-11-17(31-9-5-1-2-6-10-31)13-18(12-16)36(33,34)28-21-14-22(35-15-23-26-29-30-27-23)24(32)20-8-4-3-7-19(20)21;21-10-5-14(22)13-7-19(32-16(13)6-10)33(29,30)25-15-8-17(31-9-18-23-26-27-24-18)20(28)12-4-2-1-3-11(12)15/h4-14,29,32H,15H2,1-3H3,(H,27,28,30,31);3-4,7-8,11-14,28,32H,1-2,5-6,9-10,15H2,(H,26,27,29,30);1-8,25,28H,9H2,(H,23,24,26,27). The van der Waals surface area contributed by atoms with E-state index >= 15 is 0 Å². The summed E-state index contributed by atoms with van der Waals surface area (Å²) in [6.07, 6.45) is 4.48. The summed E-state index contributed by atoms with van der Waals surface area (Å²) in [6, 6.07) is 44.1. The van der Waals surface area contributed by atoms with E-state index in [9.17, 15) is 49.4 Å². The Balaban J connectivity index is 0.000000141. The van der Waals surface area contributed by atoms with Gasteiger partial charge in [0.2, 0.25) is 0 Å². The second-order valence-electron chi connectivity index (χ2n) is 24.9. The highest BCUT2D eigenvalue weighted by Gasteiger charge is 2.26. The number of ether oxygens (including phenoxy) is 1. The molecule has 546 valence electrons. The number of hydrogen-bond acceptors (Lipinski definition) is 24. The molecule has 0 spiro atoms. The van der Waals surface area contributed by atoms with Gasteiger partial charge in [-0.2, -0.15) is 15.6 Å². The lowest BCUT2D eigenvalue weighted by molar-refractivity contribution is 0.131. The molecular weight excluding hydrogens is 1520 g/mol. The molecule has 0 aliphatic carbocycles. The Morgan fingerprint density at radius 3 is 1.42 bits per heavy atom. The zero-order valence-electron chi connectivity index (χ0n) is 56.1. The van der Waals surface area contributed by atoms with Crippen molar-refractivity contribution in [3.8, 4) is 23.0 Å². The van der Waals surface area contributed by atoms with Crippen LogP contribution in [-0.4, -0.2) is 121 Å². The SMILES string of the molecule is CC(C)(C)Oc1ccc2cc(S(=O)(=O)Nc3cc(SCc4nn[nH]n4)c(O)c4ccccc34)ccc2c1.O=S(=O)(Nc1cc(SCc2nn[nH]n2)c(O)c2ccccc12)c1cc(Cl)cc(N2CCCCCC2)c1.O=S(=O)(Nc1cc(SCc2nn[nH]n2)c(O)c2ccccc12)c1cc2c(F)cc(F)cc2s1. The van der Waals surface area contributed by atoms with E-state index in [-0.39, 0.29) is 58.4 Å². The van der Waals surface area contributed by atoms with E-state index in [0.29, 0.717) is 98.4 Å². The molecule has 10 aromatic carbocycles. The number of fused-ring (bicyclic) bond motifs is 5. The van der Waals surface area contributed by atoms with Gasteiger partial charge < -0.3 is 25.0 Å². The second kappa shape index (κ2) is 31.5. The molecule has 0 unspecified atom stereocenters. The van der Waals surface area contributed by atoms with Crippen molar-refractivity contribution >= 4 is 164 Å². The van der Waals surface area contributed by atoms with E-state index in [4.69, 9.17) is 16.3 Å². The first kappa shape index (κ1) is 74.1. The molecule has 5 heterocycles. The van der Waals surface area contributed by atoms with Crippen LogP contribution in [0, 0.1) is 11.6 Å². The van der Waals surface area contributed by atoms with E-state index < -0.39 is 41.7 Å². The number of anilines is 4. The highest BCUT2D eigenvalue weighted by atomic mass is 35.5. The van der Waals surface area contributed by atoms with Crippen molar-refractivity contribution in [2.75, 3.05) is 32.2 Å².